The van der Waals surface area contributed by atoms with E-state index in [4.69, 9.17) is 4.74 Å². The van der Waals surface area contributed by atoms with Crippen LogP contribution in [0.15, 0.2) is 42.7 Å². The molecule has 2 rings (SSSR count). The first kappa shape index (κ1) is 14.7. The molecule has 2 aromatic rings. The highest BCUT2D eigenvalue weighted by Gasteiger charge is 2.11. The Morgan fingerprint density at radius 3 is 2.40 bits per heavy atom. The summed E-state index contributed by atoms with van der Waals surface area (Å²) in [6.07, 6.45) is 6.57. The molecule has 0 bridgehead atoms. The van der Waals surface area contributed by atoms with Gasteiger partial charge in [-0.3, -0.25) is 0 Å². The van der Waals surface area contributed by atoms with Gasteiger partial charge in [-0.05, 0) is 30.9 Å². The Morgan fingerprint density at radius 1 is 1.00 bits per heavy atom. The van der Waals surface area contributed by atoms with E-state index < -0.39 is 0 Å². The van der Waals surface area contributed by atoms with Crippen molar-refractivity contribution in [3.05, 3.63) is 65.0 Å². The molecule has 0 aliphatic carbocycles. The Kier molecular flexibility index (Phi) is 5.31. The lowest BCUT2D eigenvalue weighted by Crippen LogP contribution is -2.36. The van der Waals surface area contributed by atoms with Crippen molar-refractivity contribution >= 4 is 0 Å². The summed E-state index contributed by atoms with van der Waals surface area (Å²) in [7, 11) is 0. The average Bonchev–Trinajstić information content (AvgIpc) is 2.47. The van der Waals surface area contributed by atoms with E-state index in [0.29, 0.717) is 13.3 Å². The third-order valence-corrected chi connectivity index (χ3v) is 3.63. The topological polar surface area (TPSA) is 13.1 Å². The Bertz CT molecular complexity index is 549. The number of nitrogens with zero attached hydrogens (tertiary/aromatic N) is 1. The summed E-state index contributed by atoms with van der Waals surface area (Å²) in [4.78, 5) is 0. The molecule has 1 heterocycles. The predicted molar refractivity (Wildman–Crippen MR) is 81.4 cm³/mol. The number of aryl methyl sites for hydroxylation is 2. The molecule has 0 radical (unpaired) electrons. The third-order valence-electron chi connectivity index (χ3n) is 3.63. The van der Waals surface area contributed by atoms with Crippen molar-refractivity contribution in [1.82, 2.24) is 0 Å². The minimum Gasteiger partial charge on any atom is -0.318 e. The maximum absolute atomic E-state index is 5.80. The highest BCUT2D eigenvalue weighted by Crippen LogP contribution is 2.13. The molecule has 0 N–H and O–H groups in total. The van der Waals surface area contributed by atoms with Gasteiger partial charge in [0.2, 0.25) is 0 Å². The monoisotopic (exact) mass is 270 g/mol. The minimum atomic E-state index is 0.604. The molecule has 1 aromatic heterocycles. The second-order valence-electron chi connectivity index (χ2n) is 5.13. The fraction of sp³-hybridized carbons (Fsp3) is 0.389. The summed E-state index contributed by atoms with van der Waals surface area (Å²) >= 11 is 0. The lowest BCUT2D eigenvalue weighted by molar-refractivity contribution is -0.734. The number of benzene rings is 1. The molecule has 0 unspecified atom stereocenters. The van der Waals surface area contributed by atoms with E-state index in [-0.39, 0.29) is 0 Å². The lowest BCUT2D eigenvalue weighted by atomic mass is 10.0. The number of pyridine rings is 1. The molecule has 2 nitrogen and oxygen atoms in total. The summed E-state index contributed by atoms with van der Waals surface area (Å²) in [5.74, 6) is 0. The van der Waals surface area contributed by atoms with Crippen LogP contribution in [0, 0.1) is 6.92 Å². The predicted octanol–water partition coefficient (Wildman–Crippen LogP) is 3.58. The summed E-state index contributed by atoms with van der Waals surface area (Å²) in [6, 6.07) is 10.3. The minimum absolute atomic E-state index is 0.604. The molecular weight excluding hydrogens is 246 g/mol. The lowest BCUT2D eigenvalue weighted by Gasteiger charge is -2.08. The van der Waals surface area contributed by atoms with Crippen molar-refractivity contribution in [2.24, 2.45) is 0 Å². The van der Waals surface area contributed by atoms with Gasteiger partial charge in [0.25, 0.3) is 6.73 Å². The number of hydrogen-bond acceptors (Lipinski definition) is 1. The smallest absolute Gasteiger partial charge is 0.252 e. The standard InChI is InChI=1S/C18H24NO/c1-4-17-12-19(11-15(3)18(17)5-2)14-20-13-16-9-7-6-8-10-16/h6-12H,4-5,13-14H2,1-3H3/q+1. The van der Waals surface area contributed by atoms with Gasteiger partial charge in [0.1, 0.15) is 0 Å². The molecule has 0 fully saturated rings. The SMILES string of the molecule is CCc1c[n+](COCc2ccccc2)cc(C)c1CC. The number of hydrogen-bond donors (Lipinski definition) is 0. The van der Waals surface area contributed by atoms with Crippen LogP contribution in [0.5, 0.6) is 0 Å². The molecule has 0 atom stereocenters. The molecule has 20 heavy (non-hydrogen) atoms. The molecule has 1 aromatic carbocycles. The molecule has 0 saturated carbocycles. The van der Waals surface area contributed by atoms with Gasteiger partial charge in [-0.15, -0.1) is 0 Å². The normalized spacial score (nSPS) is 10.8. The van der Waals surface area contributed by atoms with Crippen LogP contribution in [0.2, 0.25) is 0 Å². The van der Waals surface area contributed by atoms with Crippen molar-refractivity contribution < 1.29 is 9.30 Å². The molecule has 106 valence electrons. The quantitative estimate of drug-likeness (QED) is 0.731. The van der Waals surface area contributed by atoms with Gasteiger partial charge in [0.05, 0.1) is 6.61 Å². The van der Waals surface area contributed by atoms with Crippen molar-refractivity contribution in [3.8, 4) is 0 Å². The summed E-state index contributed by atoms with van der Waals surface area (Å²) in [5.41, 5.74) is 5.48. The number of ether oxygens (including phenoxy) is 1. The fourth-order valence-electron chi connectivity index (χ4n) is 2.62. The van der Waals surface area contributed by atoms with Crippen LogP contribution < -0.4 is 4.57 Å². The van der Waals surface area contributed by atoms with Crippen LogP contribution in [-0.4, -0.2) is 0 Å². The highest BCUT2D eigenvalue weighted by molar-refractivity contribution is 5.28. The van der Waals surface area contributed by atoms with E-state index in [1.807, 2.05) is 18.2 Å². The molecule has 0 spiro atoms. The van der Waals surface area contributed by atoms with Crippen molar-refractivity contribution in [3.63, 3.8) is 0 Å². The largest absolute Gasteiger partial charge is 0.318 e. The number of aromatic nitrogens is 1. The fourth-order valence-corrected chi connectivity index (χ4v) is 2.62. The van der Waals surface area contributed by atoms with Gasteiger partial charge in [-0.2, -0.15) is 4.57 Å². The van der Waals surface area contributed by atoms with Gasteiger partial charge < -0.3 is 4.74 Å². The van der Waals surface area contributed by atoms with Gasteiger partial charge in [-0.25, -0.2) is 0 Å². The Labute approximate surface area is 122 Å². The zero-order valence-corrected chi connectivity index (χ0v) is 12.7. The summed E-state index contributed by atoms with van der Waals surface area (Å²) in [5, 5.41) is 0. The van der Waals surface area contributed by atoms with E-state index in [1.54, 1.807) is 0 Å². The maximum atomic E-state index is 5.80. The van der Waals surface area contributed by atoms with E-state index in [1.165, 1.54) is 22.3 Å². The molecule has 0 saturated heterocycles. The second kappa shape index (κ2) is 7.20. The first-order valence-corrected chi connectivity index (χ1v) is 7.37. The molecule has 0 amide bonds. The van der Waals surface area contributed by atoms with Crippen LogP contribution in [0.4, 0.5) is 0 Å². The van der Waals surface area contributed by atoms with Gasteiger partial charge in [0, 0.05) is 11.1 Å². The van der Waals surface area contributed by atoms with Crippen molar-refractivity contribution in [2.75, 3.05) is 0 Å². The van der Waals surface area contributed by atoms with Crippen molar-refractivity contribution in [1.29, 1.82) is 0 Å². The molecular formula is C18H24NO+. The Morgan fingerprint density at radius 2 is 1.75 bits per heavy atom. The Balaban J connectivity index is 2.01. The average molecular weight is 270 g/mol. The molecule has 2 heteroatoms. The van der Waals surface area contributed by atoms with E-state index in [9.17, 15) is 0 Å². The van der Waals surface area contributed by atoms with Crippen LogP contribution in [0.25, 0.3) is 0 Å². The molecule has 0 aliphatic rings. The second-order valence-corrected chi connectivity index (χ2v) is 5.13. The first-order chi connectivity index (χ1) is 9.74. The van der Waals surface area contributed by atoms with Crippen LogP contribution >= 0.6 is 0 Å². The summed E-state index contributed by atoms with van der Waals surface area (Å²) < 4.78 is 7.95. The third kappa shape index (κ3) is 3.67. The first-order valence-electron chi connectivity index (χ1n) is 7.37. The zero-order chi connectivity index (χ0) is 14.4. The van der Waals surface area contributed by atoms with E-state index in [2.05, 4.69) is 49.9 Å². The maximum Gasteiger partial charge on any atom is 0.252 e. The van der Waals surface area contributed by atoms with Gasteiger partial charge >= 0.3 is 0 Å². The zero-order valence-electron chi connectivity index (χ0n) is 12.7. The van der Waals surface area contributed by atoms with Crippen LogP contribution in [0.1, 0.15) is 36.1 Å². The summed E-state index contributed by atoms with van der Waals surface area (Å²) in [6.45, 7) is 7.88. The van der Waals surface area contributed by atoms with E-state index >= 15 is 0 Å². The van der Waals surface area contributed by atoms with Crippen LogP contribution in [-0.2, 0) is 30.9 Å². The van der Waals surface area contributed by atoms with Crippen molar-refractivity contribution in [2.45, 2.75) is 47.0 Å². The van der Waals surface area contributed by atoms with Gasteiger partial charge in [0.15, 0.2) is 12.4 Å². The Hall–Kier alpha value is -1.67. The number of rotatable bonds is 6. The van der Waals surface area contributed by atoms with Crippen LogP contribution in [0.3, 0.4) is 0 Å². The highest BCUT2D eigenvalue weighted by atomic mass is 16.5. The molecule has 0 aliphatic heterocycles. The van der Waals surface area contributed by atoms with Gasteiger partial charge in [-0.1, -0.05) is 44.2 Å². The van der Waals surface area contributed by atoms with E-state index in [0.717, 1.165) is 12.8 Å².